The number of halogens is 1. The van der Waals surface area contributed by atoms with E-state index in [1.807, 2.05) is 55.5 Å². The fourth-order valence-corrected chi connectivity index (χ4v) is 1.95. The van der Waals surface area contributed by atoms with E-state index in [1.165, 1.54) is 0 Å². The summed E-state index contributed by atoms with van der Waals surface area (Å²) in [6, 6.07) is 15.4. The van der Waals surface area contributed by atoms with Crippen molar-refractivity contribution in [3.05, 3.63) is 64.7 Å². The van der Waals surface area contributed by atoms with E-state index < -0.39 is 0 Å². The predicted molar refractivity (Wildman–Crippen MR) is 74.8 cm³/mol. The van der Waals surface area contributed by atoms with Gasteiger partial charge in [0.1, 0.15) is 12.4 Å². The summed E-state index contributed by atoms with van der Waals surface area (Å²) in [6.07, 6.45) is 0. The lowest BCUT2D eigenvalue weighted by atomic mass is 10.1. The number of para-hydroxylation sites is 1. The van der Waals surface area contributed by atoms with Gasteiger partial charge in [0, 0.05) is 22.2 Å². The third-order valence-corrected chi connectivity index (χ3v) is 3.12. The van der Waals surface area contributed by atoms with Crippen LogP contribution in [0.15, 0.2) is 48.5 Å². The Morgan fingerprint density at radius 2 is 1.78 bits per heavy atom. The Bertz CT molecular complexity index is 525. The van der Waals surface area contributed by atoms with Crippen LogP contribution in [0.4, 0.5) is 0 Å². The molecule has 0 spiro atoms. The zero-order chi connectivity index (χ0) is 13.0. The van der Waals surface area contributed by atoms with Gasteiger partial charge in [-0.25, -0.2) is 0 Å². The molecule has 3 heteroatoms. The smallest absolute Gasteiger partial charge is 0.124 e. The standard InChI is InChI=1S/C15H16ClNO/c1-11(17)13-7-3-5-9-15(13)18-10-12-6-2-4-8-14(12)16/h2-9,11H,10,17H2,1H3. The molecule has 0 aliphatic heterocycles. The summed E-state index contributed by atoms with van der Waals surface area (Å²) in [7, 11) is 0. The lowest BCUT2D eigenvalue weighted by Gasteiger charge is -2.14. The third-order valence-electron chi connectivity index (χ3n) is 2.75. The molecule has 2 rings (SSSR count). The topological polar surface area (TPSA) is 35.2 Å². The molecule has 0 saturated heterocycles. The van der Waals surface area contributed by atoms with Crippen LogP contribution in [-0.2, 0) is 6.61 Å². The summed E-state index contributed by atoms with van der Waals surface area (Å²) in [5, 5.41) is 0.718. The first kappa shape index (κ1) is 12.9. The van der Waals surface area contributed by atoms with Crippen LogP contribution in [0.2, 0.25) is 5.02 Å². The zero-order valence-electron chi connectivity index (χ0n) is 10.3. The molecule has 0 radical (unpaired) electrons. The maximum absolute atomic E-state index is 6.09. The van der Waals surface area contributed by atoms with Gasteiger partial charge in [-0.05, 0) is 19.1 Å². The van der Waals surface area contributed by atoms with Gasteiger partial charge >= 0.3 is 0 Å². The Morgan fingerprint density at radius 1 is 1.11 bits per heavy atom. The molecule has 18 heavy (non-hydrogen) atoms. The van der Waals surface area contributed by atoms with Crippen molar-refractivity contribution in [3.63, 3.8) is 0 Å². The summed E-state index contributed by atoms with van der Waals surface area (Å²) in [6.45, 7) is 2.39. The quantitative estimate of drug-likeness (QED) is 0.905. The molecule has 0 saturated carbocycles. The van der Waals surface area contributed by atoms with Crippen LogP contribution in [0.25, 0.3) is 0 Å². The number of hydrogen-bond donors (Lipinski definition) is 1. The van der Waals surface area contributed by atoms with Crippen molar-refractivity contribution < 1.29 is 4.74 Å². The molecular weight excluding hydrogens is 246 g/mol. The van der Waals surface area contributed by atoms with Gasteiger partial charge < -0.3 is 10.5 Å². The second kappa shape index (κ2) is 5.89. The summed E-state index contributed by atoms with van der Waals surface area (Å²) in [4.78, 5) is 0. The highest BCUT2D eigenvalue weighted by Crippen LogP contribution is 2.25. The molecule has 94 valence electrons. The average Bonchev–Trinajstić information content (AvgIpc) is 2.38. The minimum Gasteiger partial charge on any atom is -0.489 e. The molecule has 2 aromatic carbocycles. The molecule has 0 aliphatic rings. The molecule has 2 nitrogen and oxygen atoms in total. The monoisotopic (exact) mass is 261 g/mol. The van der Waals surface area contributed by atoms with E-state index in [-0.39, 0.29) is 6.04 Å². The van der Waals surface area contributed by atoms with Gasteiger partial charge in [-0.2, -0.15) is 0 Å². The molecule has 0 heterocycles. The summed E-state index contributed by atoms with van der Waals surface area (Å²) in [5.74, 6) is 0.812. The van der Waals surface area contributed by atoms with Crippen molar-refractivity contribution in [2.75, 3.05) is 0 Å². The van der Waals surface area contributed by atoms with E-state index in [4.69, 9.17) is 22.1 Å². The number of rotatable bonds is 4. The van der Waals surface area contributed by atoms with Gasteiger partial charge in [0.05, 0.1) is 0 Å². The zero-order valence-corrected chi connectivity index (χ0v) is 11.0. The Morgan fingerprint density at radius 3 is 2.50 bits per heavy atom. The van der Waals surface area contributed by atoms with Crippen LogP contribution in [0.1, 0.15) is 24.1 Å². The molecule has 2 N–H and O–H groups in total. The van der Waals surface area contributed by atoms with Crippen molar-refractivity contribution in [1.82, 2.24) is 0 Å². The molecule has 2 aromatic rings. The van der Waals surface area contributed by atoms with E-state index >= 15 is 0 Å². The normalized spacial score (nSPS) is 12.2. The van der Waals surface area contributed by atoms with Gasteiger partial charge in [-0.3, -0.25) is 0 Å². The highest BCUT2D eigenvalue weighted by Gasteiger charge is 2.07. The number of benzene rings is 2. The lowest BCUT2D eigenvalue weighted by molar-refractivity contribution is 0.301. The minimum atomic E-state index is -0.0487. The average molecular weight is 262 g/mol. The molecular formula is C15H16ClNO. The van der Waals surface area contributed by atoms with E-state index in [0.717, 1.165) is 21.9 Å². The molecule has 0 bridgehead atoms. The van der Waals surface area contributed by atoms with Gasteiger partial charge in [0.25, 0.3) is 0 Å². The van der Waals surface area contributed by atoms with Crippen molar-refractivity contribution in [2.45, 2.75) is 19.6 Å². The first-order valence-electron chi connectivity index (χ1n) is 5.89. The predicted octanol–water partition coefficient (Wildman–Crippen LogP) is 3.94. The second-order valence-corrected chi connectivity index (χ2v) is 4.61. The van der Waals surface area contributed by atoms with Crippen LogP contribution in [0.5, 0.6) is 5.75 Å². The fraction of sp³-hybridized carbons (Fsp3) is 0.200. The minimum absolute atomic E-state index is 0.0487. The fourth-order valence-electron chi connectivity index (χ4n) is 1.76. The Kier molecular flexibility index (Phi) is 4.24. The second-order valence-electron chi connectivity index (χ2n) is 4.21. The Balaban J connectivity index is 2.14. The lowest BCUT2D eigenvalue weighted by Crippen LogP contribution is -2.08. The van der Waals surface area contributed by atoms with Crippen molar-refractivity contribution in [3.8, 4) is 5.75 Å². The van der Waals surface area contributed by atoms with E-state index in [2.05, 4.69) is 0 Å². The van der Waals surface area contributed by atoms with Crippen molar-refractivity contribution in [2.24, 2.45) is 5.73 Å². The van der Waals surface area contributed by atoms with Gasteiger partial charge in [-0.15, -0.1) is 0 Å². The molecule has 0 aromatic heterocycles. The van der Waals surface area contributed by atoms with Crippen molar-refractivity contribution >= 4 is 11.6 Å². The molecule has 0 aliphatic carbocycles. The Labute approximate surface area is 112 Å². The maximum atomic E-state index is 6.09. The van der Waals surface area contributed by atoms with Gasteiger partial charge in [0.15, 0.2) is 0 Å². The van der Waals surface area contributed by atoms with E-state index in [0.29, 0.717) is 6.61 Å². The van der Waals surface area contributed by atoms with Crippen molar-refractivity contribution in [1.29, 1.82) is 0 Å². The van der Waals surface area contributed by atoms with Gasteiger partial charge in [0.2, 0.25) is 0 Å². The third kappa shape index (κ3) is 3.03. The highest BCUT2D eigenvalue weighted by atomic mass is 35.5. The van der Waals surface area contributed by atoms with Crippen LogP contribution in [-0.4, -0.2) is 0 Å². The van der Waals surface area contributed by atoms with Crippen LogP contribution in [0.3, 0.4) is 0 Å². The molecule has 1 atom stereocenters. The highest BCUT2D eigenvalue weighted by molar-refractivity contribution is 6.31. The first-order chi connectivity index (χ1) is 8.68. The van der Waals surface area contributed by atoms with Crippen LogP contribution < -0.4 is 10.5 Å². The van der Waals surface area contributed by atoms with E-state index in [9.17, 15) is 0 Å². The largest absolute Gasteiger partial charge is 0.489 e. The first-order valence-corrected chi connectivity index (χ1v) is 6.27. The summed E-state index contributed by atoms with van der Waals surface area (Å²) >= 11 is 6.09. The number of ether oxygens (including phenoxy) is 1. The number of hydrogen-bond acceptors (Lipinski definition) is 2. The summed E-state index contributed by atoms with van der Waals surface area (Å²) < 4.78 is 5.80. The Hall–Kier alpha value is -1.51. The van der Waals surface area contributed by atoms with Crippen LogP contribution >= 0.6 is 11.6 Å². The molecule has 0 amide bonds. The van der Waals surface area contributed by atoms with Gasteiger partial charge in [-0.1, -0.05) is 48.0 Å². The summed E-state index contributed by atoms with van der Waals surface area (Å²) in [5.41, 5.74) is 7.88. The van der Waals surface area contributed by atoms with Crippen LogP contribution in [0, 0.1) is 0 Å². The maximum Gasteiger partial charge on any atom is 0.124 e. The van der Waals surface area contributed by atoms with E-state index in [1.54, 1.807) is 0 Å². The molecule has 1 unspecified atom stereocenters. The molecule has 0 fully saturated rings. The SMILES string of the molecule is CC(N)c1ccccc1OCc1ccccc1Cl. The number of nitrogens with two attached hydrogens (primary N) is 1.